The van der Waals surface area contributed by atoms with Gasteiger partial charge in [0.05, 0.1) is 12.6 Å². The summed E-state index contributed by atoms with van der Waals surface area (Å²) in [6.07, 6.45) is 3.64. The molecule has 0 spiro atoms. The fourth-order valence-corrected chi connectivity index (χ4v) is 1.82. The predicted octanol–water partition coefficient (Wildman–Crippen LogP) is 1.37. The van der Waals surface area contributed by atoms with Gasteiger partial charge in [-0.1, -0.05) is 0 Å². The third-order valence-corrected chi connectivity index (χ3v) is 3.21. The minimum absolute atomic E-state index is 0. The van der Waals surface area contributed by atoms with E-state index in [9.17, 15) is 0 Å². The van der Waals surface area contributed by atoms with Crippen LogP contribution in [-0.2, 0) is 4.74 Å². The van der Waals surface area contributed by atoms with Gasteiger partial charge in [-0.3, -0.25) is 4.99 Å². The van der Waals surface area contributed by atoms with E-state index in [2.05, 4.69) is 28.9 Å². The molecule has 1 atom stereocenters. The standard InChI is InChI=1S/C13H28N4O.HI/c1-5-18-12(8-9-16(2)3)10-15-13(14)17(4)11-6-7-11;/h11-12H,5-10H2,1-4H3,(H2,14,15);1H. The molecule has 0 amide bonds. The smallest absolute Gasteiger partial charge is 0.191 e. The molecule has 1 fully saturated rings. The summed E-state index contributed by atoms with van der Waals surface area (Å²) in [7, 11) is 6.16. The lowest BCUT2D eigenvalue weighted by Gasteiger charge is -2.20. The lowest BCUT2D eigenvalue weighted by atomic mass is 10.2. The summed E-state index contributed by atoms with van der Waals surface area (Å²) in [6.45, 7) is 4.42. The Hall–Kier alpha value is -0.0800. The zero-order valence-corrected chi connectivity index (χ0v) is 15.0. The number of hydrogen-bond donors (Lipinski definition) is 1. The van der Waals surface area contributed by atoms with Crippen LogP contribution < -0.4 is 5.73 Å². The second-order valence-corrected chi connectivity index (χ2v) is 5.21. The van der Waals surface area contributed by atoms with Crippen LogP contribution in [0.15, 0.2) is 4.99 Å². The van der Waals surface area contributed by atoms with Crippen molar-refractivity contribution in [3.05, 3.63) is 0 Å². The minimum atomic E-state index is 0. The van der Waals surface area contributed by atoms with Crippen molar-refractivity contribution in [1.29, 1.82) is 0 Å². The Bertz CT molecular complexity index is 269. The van der Waals surface area contributed by atoms with Gasteiger partial charge in [-0.05, 0) is 40.3 Å². The van der Waals surface area contributed by atoms with E-state index in [1.807, 2.05) is 14.0 Å². The van der Waals surface area contributed by atoms with Crippen molar-refractivity contribution in [1.82, 2.24) is 9.80 Å². The lowest BCUT2D eigenvalue weighted by Crippen LogP contribution is -2.36. The maximum atomic E-state index is 5.97. The van der Waals surface area contributed by atoms with Crippen LogP contribution in [0.4, 0.5) is 0 Å². The summed E-state index contributed by atoms with van der Waals surface area (Å²) in [5.41, 5.74) is 5.97. The maximum absolute atomic E-state index is 5.97. The van der Waals surface area contributed by atoms with E-state index >= 15 is 0 Å². The highest BCUT2D eigenvalue weighted by atomic mass is 127. The molecule has 0 aromatic carbocycles. The molecule has 1 aliphatic rings. The molecular weight excluding hydrogens is 355 g/mol. The monoisotopic (exact) mass is 384 g/mol. The molecule has 0 aromatic rings. The zero-order valence-electron chi connectivity index (χ0n) is 12.6. The average molecular weight is 384 g/mol. The summed E-state index contributed by atoms with van der Waals surface area (Å²) < 4.78 is 5.69. The number of nitrogens with two attached hydrogens (primary N) is 1. The Balaban J connectivity index is 0.00000324. The first-order valence-corrected chi connectivity index (χ1v) is 6.83. The number of nitrogens with zero attached hydrogens (tertiary/aromatic N) is 3. The van der Waals surface area contributed by atoms with Gasteiger partial charge < -0.3 is 20.3 Å². The number of guanidine groups is 1. The first-order chi connectivity index (χ1) is 8.54. The highest BCUT2D eigenvalue weighted by Crippen LogP contribution is 2.24. The largest absolute Gasteiger partial charge is 0.377 e. The van der Waals surface area contributed by atoms with Crippen molar-refractivity contribution in [2.45, 2.75) is 38.3 Å². The third-order valence-electron chi connectivity index (χ3n) is 3.21. The Morgan fingerprint density at radius 2 is 2.00 bits per heavy atom. The van der Waals surface area contributed by atoms with Crippen LogP contribution >= 0.6 is 24.0 Å². The topological polar surface area (TPSA) is 54.1 Å². The van der Waals surface area contributed by atoms with Crippen molar-refractivity contribution >= 4 is 29.9 Å². The fourth-order valence-electron chi connectivity index (χ4n) is 1.82. The van der Waals surface area contributed by atoms with Gasteiger partial charge in [0.2, 0.25) is 0 Å². The quantitative estimate of drug-likeness (QED) is 0.390. The van der Waals surface area contributed by atoms with Gasteiger partial charge in [-0.2, -0.15) is 0 Å². The molecule has 2 N–H and O–H groups in total. The summed E-state index contributed by atoms with van der Waals surface area (Å²) in [6, 6.07) is 0.612. The van der Waals surface area contributed by atoms with Gasteiger partial charge in [0.1, 0.15) is 0 Å². The van der Waals surface area contributed by atoms with Crippen LogP contribution in [-0.4, -0.2) is 68.7 Å². The summed E-state index contributed by atoms with van der Waals surface area (Å²) in [5.74, 6) is 0.645. The molecule has 0 radical (unpaired) electrons. The highest BCUT2D eigenvalue weighted by molar-refractivity contribution is 14.0. The Labute approximate surface area is 134 Å². The lowest BCUT2D eigenvalue weighted by molar-refractivity contribution is 0.0581. The van der Waals surface area contributed by atoms with E-state index in [1.165, 1.54) is 12.8 Å². The second kappa shape index (κ2) is 9.77. The molecule has 0 bridgehead atoms. The Morgan fingerprint density at radius 3 is 2.47 bits per heavy atom. The SMILES string of the molecule is CCOC(CCN(C)C)CN=C(N)N(C)C1CC1.I. The van der Waals surface area contributed by atoms with Gasteiger partial charge in [-0.25, -0.2) is 0 Å². The van der Waals surface area contributed by atoms with Crippen molar-refractivity contribution < 1.29 is 4.74 Å². The molecule has 114 valence electrons. The Morgan fingerprint density at radius 1 is 1.37 bits per heavy atom. The van der Waals surface area contributed by atoms with Crippen molar-refractivity contribution in [2.75, 3.05) is 40.8 Å². The maximum Gasteiger partial charge on any atom is 0.191 e. The first-order valence-electron chi connectivity index (χ1n) is 6.83. The number of hydrogen-bond acceptors (Lipinski definition) is 3. The van der Waals surface area contributed by atoms with E-state index < -0.39 is 0 Å². The molecule has 6 heteroatoms. The molecule has 0 aromatic heterocycles. The highest BCUT2D eigenvalue weighted by Gasteiger charge is 2.27. The van der Waals surface area contributed by atoms with Gasteiger partial charge in [0.15, 0.2) is 5.96 Å². The van der Waals surface area contributed by atoms with E-state index in [0.29, 0.717) is 18.5 Å². The molecule has 19 heavy (non-hydrogen) atoms. The normalized spacial score (nSPS) is 17.2. The number of aliphatic imine (C=N–C) groups is 1. The van der Waals surface area contributed by atoms with Crippen LogP contribution in [0.3, 0.4) is 0 Å². The molecule has 0 saturated heterocycles. The predicted molar refractivity (Wildman–Crippen MR) is 91.3 cm³/mol. The van der Waals surface area contributed by atoms with Gasteiger partial charge >= 0.3 is 0 Å². The average Bonchev–Trinajstić information content (AvgIpc) is 3.15. The first kappa shape index (κ1) is 18.9. The van der Waals surface area contributed by atoms with Crippen LogP contribution in [0.1, 0.15) is 26.2 Å². The van der Waals surface area contributed by atoms with E-state index in [0.717, 1.165) is 19.6 Å². The molecule has 0 heterocycles. The van der Waals surface area contributed by atoms with Gasteiger partial charge in [0, 0.05) is 26.2 Å². The van der Waals surface area contributed by atoms with Gasteiger partial charge in [-0.15, -0.1) is 24.0 Å². The molecule has 5 nitrogen and oxygen atoms in total. The molecule has 0 aliphatic heterocycles. The number of halogens is 1. The van der Waals surface area contributed by atoms with E-state index in [-0.39, 0.29) is 30.1 Å². The molecule has 1 aliphatic carbocycles. The minimum Gasteiger partial charge on any atom is -0.377 e. The van der Waals surface area contributed by atoms with E-state index in [1.54, 1.807) is 0 Å². The van der Waals surface area contributed by atoms with Crippen molar-refractivity contribution in [3.63, 3.8) is 0 Å². The van der Waals surface area contributed by atoms with Crippen molar-refractivity contribution in [3.8, 4) is 0 Å². The summed E-state index contributed by atoms with van der Waals surface area (Å²) >= 11 is 0. The summed E-state index contributed by atoms with van der Waals surface area (Å²) in [5, 5.41) is 0. The fraction of sp³-hybridized carbons (Fsp3) is 0.923. The third kappa shape index (κ3) is 7.94. The molecule has 1 rings (SSSR count). The summed E-state index contributed by atoms with van der Waals surface area (Å²) in [4.78, 5) is 8.70. The van der Waals surface area contributed by atoms with Crippen LogP contribution in [0, 0.1) is 0 Å². The van der Waals surface area contributed by atoms with Crippen LogP contribution in [0.25, 0.3) is 0 Å². The Kier molecular flexibility index (Phi) is 9.72. The second-order valence-electron chi connectivity index (χ2n) is 5.21. The molecule has 1 unspecified atom stereocenters. The molecule has 1 saturated carbocycles. The van der Waals surface area contributed by atoms with Crippen LogP contribution in [0.5, 0.6) is 0 Å². The molecular formula is C13H29IN4O. The van der Waals surface area contributed by atoms with Crippen LogP contribution in [0.2, 0.25) is 0 Å². The number of ether oxygens (including phenoxy) is 1. The van der Waals surface area contributed by atoms with Crippen molar-refractivity contribution in [2.24, 2.45) is 10.7 Å². The number of rotatable bonds is 8. The van der Waals surface area contributed by atoms with Gasteiger partial charge in [0.25, 0.3) is 0 Å². The van der Waals surface area contributed by atoms with E-state index in [4.69, 9.17) is 10.5 Å². The zero-order chi connectivity index (χ0) is 13.5.